The van der Waals surface area contributed by atoms with Gasteiger partial charge in [-0.1, -0.05) is 0 Å². The van der Waals surface area contributed by atoms with Gasteiger partial charge in [-0.2, -0.15) is 0 Å². The molecule has 1 aromatic rings. The van der Waals surface area contributed by atoms with Crippen molar-refractivity contribution >= 4 is 22.4 Å². The molecular weight excluding hydrogens is 236 g/mol. The highest BCUT2D eigenvalue weighted by Crippen LogP contribution is 2.18. The van der Waals surface area contributed by atoms with E-state index in [1.807, 2.05) is 7.05 Å². The fraction of sp³-hybridized carbons (Fsp3) is 0.636. The number of likely N-dealkylation sites (N-methyl/N-ethyl adjacent to an activating group) is 2. The van der Waals surface area contributed by atoms with Gasteiger partial charge < -0.3 is 15.5 Å². The van der Waals surface area contributed by atoms with E-state index < -0.39 is 0 Å². The molecule has 2 rings (SSSR count). The molecule has 0 aromatic carbocycles. The summed E-state index contributed by atoms with van der Waals surface area (Å²) < 4.78 is 0. The van der Waals surface area contributed by atoms with Crippen LogP contribution in [0.15, 0.2) is 5.38 Å². The van der Waals surface area contributed by atoms with E-state index in [0.717, 1.165) is 25.9 Å². The highest BCUT2D eigenvalue weighted by Gasteiger charge is 2.26. The van der Waals surface area contributed by atoms with Gasteiger partial charge in [0.15, 0.2) is 5.13 Å². The van der Waals surface area contributed by atoms with Crippen LogP contribution in [0.3, 0.4) is 0 Å². The number of nitrogens with zero attached hydrogens (tertiary/aromatic N) is 3. The quantitative estimate of drug-likeness (QED) is 0.851. The van der Waals surface area contributed by atoms with E-state index in [0.29, 0.717) is 10.8 Å². The maximum atomic E-state index is 12.2. The first-order valence-corrected chi connectivity index (χ1v) is 6.62. The molecule has 2 N–H and O–H groups in total. The Kier molecular flexibility index (Phi) is 3.63. The molecule has 1 aromatic heterocycles. The molecule has 0 radical (unpaired) electrons. The summed E-state index contributed by atoms with van der Waals surface area (Å²) in [6.07, 6.45) is 2.20. The SMILES string of the molecule is CN1CCCC(N(C)C(=O)c2csc(N)n2)C1. The third kappa shape index (κ3) is 2.76. The minimum atomic E-state index is -0.0294. The van der Waals surface area contributed by atoms with Gasteiger partial charge in [0.25, 0.3) is 5.91 Å². The molecule has 17 heavy (non-hydrogen) atoms. The molecule has 1 unspecified atom stereocenters. The first kappa shape index (κ1) is 12.3. The number of hydrogen-bond donors (Lipinski definition) is 1. The zero-order valence-corrected chi connectivity index (χ0v) is 11.0. The molecule has 0 saturated carbocycles. The summed E-state index contributed by atoms with van der Waals surface area (Å²) in [6.45, 7) is 2.05. The minimum Gasteiger partial charge on any atom is -0.375 e. The number of nitrogen functional groups attached to an aromatic ring is 1. The van der Waals surface area contributed by atoms with E-state index in [1.165, 1.54) is 11.3 Å². The van der Waals surface area contributed by atoms with E-state index in [1.54, 1.807) is 10.3 Å². The van der Waals surface area contributed by atoms with Gasteiger partial charge in [0, 0.05) is 25.0 Å². The lowest BCUT2D eigenvalue weighted by Crippen LogP contribution is -2.47. The van der Waals surface area contributed by atoms with Crippen molar-refractivity contribution in [1.29, 1.82) is 0 Å². The van der Waals surface area contributed by atoms with Crippen molar-refractivity contribution in [3.63, 3.8) is 0 Å². The fourth-order valence-corrected chi connectivity index (χ4v) is 2.72. The number of nitrogens with two attached hydrogens (primary N) is 1. The Morgan fingerprint density at radius 3 is 3.06 bits per heavy atom. The maximum absolute atomic E-state index is 12.2. The summed E-state index contributed by atoms with van der Waals surface area (Å²) in [7, 11) is 3.94. The van der Waals surface area contributed by atoms with Crippen LogP contribution >= 0.6 is 11.3 Å². The molecule has 1 aliphatic heterocycles. The number of rotatable bonds is 2. The maximum Gasteiger partial charge on any atom is 0.273 e. The summed E-state index contributed by atoms with van der Waals surface area (Å²) in [5, 5.41) is 2.17. The van der Waals surface area contributed by atoms with Crippen LogP contribution in [-0.4, -0.2) is 53.9 Å². The first-order chi connectivity index (χ1) is 8.08. The van der Waals surface area contributed by atoms with E-state index in [-0.39, 0.29) is 11.9 Å². The predicted octanol–water partition coefficient (Wildman–Crippen LogP) is 0.892. The molecule has 0 aliphatic carbocycles. The molecule has 94 valence electrons. The Morgan fingerprint density at radius 2 is 2.47 bits per heavy atom. The minimum absolute atomic E-state index is 0.0294. The molecule has 2 heterocycles. The average molecular weight is 254 g/mol. The molecule has 1 fully saturated rings. The number of anilines is 1. The lowest BCUT2D eigenvalue weighted by molar-refractivity contribution is 0.0639. The van der Waals surface area contributed by atoms with Crippen LogP contribution in [0.4, 0.5) is 5.13 Å². The van der Waals surface area contributed by atoms with Crippen molar-refractivity contribution in [2.45, 2.75) is 18.9 Å². The molecule has 6 heteroatoms. The van der Waals surface area contributed by atoms with Crippen molar-refractivity contribution in [3.8, 4) is 0 Å². The lowest BCUT2D eigenvalue weighted by Gasteiger charge is -2.35. The molecule has 1 amide bonds. The van der Waals surface area contributed by atoms with Crippen LogP contribution in [0.1, 0.15) is 23.3 Å². The van der Waals surface area contributed by atoms with E-state index in [9.17, 15) is 4.79 Å². The number of carbonyl (C=O) groups excluding carboxylic acids is 1. The van der Waals surface area contributed by atoms with Gasteiger partial charge in [-0.15, -0.1) is 11.3 Å². The zero-order valence-electron chi connectivity index (χ0n) is 10.2. The fourth-order valence-electron chi connectivity index (χ4n) is 2.19. The Balaban J connectivity index is 2.04. The number of thiazole rings is 1. The van der Waals surface area contributed by atoms with Gasteiger partial charge in [0.2, 0.25) is 0 Å². The molecule has 5 nitrogen and oxygen atoms in total. The molecule has 0 bridgehead atoms. The van der Waals surface area contributed by atoms with Crippen molar-refractivity contribution < 1.29 is 4.79 Å². The summed E-state index contributed by atoms with van der Waals surface area (Å²) in [6, 6.07) is 0.282. The summed E-state index contributed by atoms with van der Waals surface area (Å²) >= 11 is 1.31. The van der Waals surface area contributed by atoms with Crippen LogP contribution in [0, 0.1) is 0 Å². The second-order valence-electron chi connectivity index (χ2n) is 4.55. The normalized spacial score (nSPS) is 21.4. The smallest absolute Gasteiger partial charge is 0.273 e. The average Bonchev–Trinajstić information content (AvgIpc) is 2.74. The molecule has 1 atom stereocenters. The standard InChI is InChI=1S/C11H18N4OS/c1-14-5-3-4-8(6-14)15(2)10(16)9-7-17-11(12)13-9/h7-8H,3-6H2,1-2H3,(H2,12,13). The topological polar surface area (TPSA) is 62.5 Å². The third-order valence-electron chi connectivity index (χ3n) is 3.21. The van der Waals surface area contributed by atoms with Gasteiger partial charge >= 0.3 is 0 Å². The third-order valence-corrected chi connectivity index (χ3v) is 3.88. The van der Waals surface area contributed by atoms with E-state index >= 15 is 0 Å². The molecule has 1 aliphatic rings. The molecule has 1 saturated heterocycles. The summed E-state index contributed by atoms with van der Waals surface area (Å²) in [5.41, 5.74) is 6.01. The van der Waals surface area contributed by atoms with Gasteiger partial charge in [-0.25, -0.2) is 4.98 Å². The predicted molar refractivity (Wildman–Crippen MR) is 69.1 cm³/mol. The molecule has 0 spiro atoms. The lowest BCUT2D eigenvalue weighted by atomic mass is 10.0. The van der Waals surface area contributed by atoms with Crippen LogP contribution in [0.5, 0.6) is 0 Å². The summed E-state index contributed by atoms with van der Waals surface area (Å²) in [4.78, 5) is 20.3. The largest absolute Gasteiger partial charge is 0.375 e. The van der Waals surface area contributed by atoms with Crippen molar-refractivity contribution in [2.24, 2.45) is 0 Å². The summed E-state index contributed by atoms with van der Waals surface area (Å²) in [5.74, 6) is -0.0294. The Hall–Kier alpha value is -1.14. The van der Waals surface area contributed by atoms with Crippen LogP contribution in [0.2, 0.25) is 0 Å². The van der Waals surface area contributed by atoms with Crippen LogP contribution in [0.25, 0.3) is 0 Å². The van der Waals surface area contributed by atoms with Gasteiger partial charge in [0.05, 0.1) is 0 Å². The second-order valence-corrected chi connectivity index (χ2v) is 5.44. The number of hydrogen-bond acceptors (Lipinski definition) is 5. The number of carbonyl (C=O) groups is 1. The number of aromatic nitrogens is 1. The zero-order chi connectivity index (χ0) is 12.4. The number of amides is 1. The van der Waals surface area contributed by atoms with Crippen LogP contribution in [-0.2, 0) is 0 Å². The highest BCUT2D eigenvalue weighted by molar-refractivity contribution is 7.13. The van der Waals surface area contributed by atoms with Gasteiger partial charge in [-0.05, 0) is 26.4 Å². The van der Waals surface area contributed by atoms with Gasteiger partial charge in [0.1, 0.15) is 5.69 Å². The van der Waals surface area contributed by atoms with E-state index in [2.05, 4.69) is 16.9 Å². The van der Waals surface area contributed by atoms with Crippen molar-refractivity contribution in [3.05, 3.63) is 11.1 Å². The second kappa shape index (κ2) is 5.01. The number of likely N-dealkylation sites (tertiary alicyclic amines) is 1. The monoisotopic (exact) mass is 254 g/mol. The first-order valence-electron chi connectivity index (χ1n) is 5.74. The van der Waals surface area contributed by atoms with Gasteiger partial charge in [-0.3, -0.25) is 4.79 Å². The Morgan fingerprint density at radius 1 is 1.71 bits per heavy atom. The molecular formula is C11H18N4OS. The number of piperidine rings is 1. The Labute approximate surface area is 105 Å². The highest BCUT2D eigenvalue weighted by atomic mass is 32.1. The Bertz CT molecular complexity index is 406. The van der Waals surface area contributed by atoms with Crippen molar-refractivity contribution in [2.75, 3.05) is 32.9 Å². The van der Waals surface area contributed by atoms with Crippen molar-refractivity contribution in [1.82, 2.24) is 14.8 Å². The van der Waals surface area contributed by atoms with E-state index in [4.69, 9.17) is 5.73 Å². The van der Waals surface area contributed by atoms with Crippen LogP contribution < -0.4 is 5.73 Å².